The van der Waals surface area contributed by atoms with E-state index in [-0.39, 0.29) is 11.7 Å². The molecule has 0 saturated carbocycles. The van der Waals surface area contributed by atoms with Gasteiger partial charge in [0.2, 0.25) is 5.91 Å². The number of nitrogens with one attached hydrogen (secondary N) is 1. The normalized spacial score (nSPS) is 13.1. The molecule has 0 spiro atoms. The van der Waals surface area contributed by atoms with Gasteiger partial charge in [0.1, 0.15) is 11.1 Å². The SMILES string of the molecule is CCc1cccc(CC)c1NC(=O)CSc1nc2c(c(-c3cccs3)c1C#N)CCCCC2. The van der Waals surface area contributed by atoms with Crippen molar-refractivity contribution >= 4 is 34.7 Å². The molecule has 0 unspecified atom stereocenters. The minimum absolute atomic E-state index is 0.0612. The van der Waals surface area contributed by atoms with E-state index in [0.29, 0.717) is 10.6 Å². The summed E-state index contributed by atoms with van der Waals surface area (Å²) in [6.07, 6.45) is 7.06. The molecule has 3 aromatic rings. The number of rotatable bonds is 7. The van der Waals surface area contributed by atoms with Crippen LogP contribution in [0.2, 0.25) is 0 Å². The first-order valence-corrected chi connectivity index (χ1v) is 13.6. The zero-order valence-electron chi connectivity index (χ0n) is 19.2. The van der Waals surface area contributed by atoms with Crippen LogP contribution in [-0.4, -0.2) is 16.6 Å². The molecule has 2 heterocycles. The first-order valence-electron chi connectivity index (χ1n) is 11.7. The minimum atomic E-state index is -0.0612. The Hall–Kier alpha value is -2.62. The summed E-state index contributed by atoms with van der Waals surface area (Å²) in [5.41, 5.74) is 7.20. The van der Waals surface area contributed by atoms with Gasteiger partial charge in [-0.1, -0.05) is 56.3 Å². The number of aromatic nitrogens is 1. The van der Waals surface area contributed by atoms with E-state index in [0.717, 1.165) is 71.5 Å². The summed E-state index contributed by atoms with van der Waals surface area (Å²) in [4.78, 5) is 19.0. The van der Waals surface area contributed by atoms with Gasteiger partial charge in [0, 0.05) is 21.8 Å². The van der Waals surface area contributed by atoms with E-state index >= 15 is 0 Å². The molecule has 0 fully saturated rings. The van der Waals surface area contributed by atoms with Crippen LogP contribution >= 0.6 is 23.1 Å². The predicted octanol–water partition coefficient (Wildman–Crippen LogP) is 6.81. The van der Waals surface area contributed by atoms with Gasteiger partial charge in [-0.15, -0.1) is 11.3 Å². The summed E-state index contributed by atoms with van der Waals surface area (Å²) >= 11 is 3.04. The van der Waals surface area contributed by atoms with Crippen molar-refractivity contribution in [3.05, 3.63) is 63.7 Å². The first-order chi connectivity index (χ1) is 16.2. The molecule has 0 aliphatic heterocycles. The number of nitriles is 1. The molecular formula is C27H29N3OS2. The van der Waals surface area contributed by atoms with E-state index in [1.165, 1.54) is 23.7 Å². The standard InChI is InChI=1S/C27H29N3OS2/c1-3-18-10-8-11-19(4-2)26(18)30-24(31)17-33-27-21(16-28)25(23-14-9-15-32-23)20-12-6-5-7-13-22(20)29-27/h8-11,14-15H,3-7,12-13,17H2,1-2H3,(H,30,31). The van der Waals surface area contributed by atoms with Gasteiger partial charge >= 0.3 is 0 Å². The van der Waals surface area contributed by atoms with Gasteiger partial charge in [-0.2, -0.15) is 5.26 Å². The third-order valence-electron chi connectivity index (χ3n) is 6.17. The van der Waals surface area contributed by atoms with Gasteiger partial charge in [-0.3, -0.25) is 4.79 Å². The van der Waals surface area contributed by atoms with Crippen molar-refractivity contribution < 1.29 is 4.79 Å². The molecule has 4 nitrogen and oxygen atoms in total. The number of carbonyl (C=O) groups is 1. The lowest BCUT2D eigenvalue weighted by Crippen LogP contribution is -2.17. The Bertz CT molecular complexity index is 1160. The highest BCUT2D eigenvalue weighted by atomic mass is 32.2. The van der Waals surface area contributed by atoms with Crippen molar-refractivity contribution in [1.29, 1.82) is 5.26 Å². The van der Waals surface area contributed by atoms with Crippen LogP contribution in [0.1, 0.15) is 61.1 Å². The third-order valence-corrected chi connectivity index (χ3v) is 8.04. The maximum absolute atomic E-state index is 12.9. The number of fused-ring (bicyclic) bond motifs is 1. The highest BCUT2D eigenvalue weighted by Crippen LogP contribution is 2.39. The van der Waals surface area contributed by atoms with E-state index < -0.39 is 0 Å². The second-order valence-electron chi connectivity index (χ2n) is 8.24. The lowest BCUT2D eigenvalue weighted by Gasteiger charge is -2.17. The molecule has 33 heavy (non-hydrogen) atoms. The van der Waals surface area contributed by atoms with Gasteiger partial charge in [0.15, 0.2) is 0 Å². The van der Waals surface area contributed by atoms with Crippen LogP contribution in [0.25, 0.3) is 10.4 Å². The molecule has 1 amide bonds. The lowest BCUT2D eigenvalue weighted by atomic mass is 9.97. The number of para-hydroxylation sites is 1. The average Bonchev–Trinajstić information content (AvgIpc) is 3.27. The maximum atomic E-state index is 12.9. The third kappa shape index (κ3) is 5.15. The van der Waals surface area contributed by atoms with Crippen molar-refractivity contribution in [2.75, 3.05) is 11.1 Å². The summed E-state index contributed by atoms with van der Waals surface area (Å²) in [5.74, 6) is 0.167. The van der Waals surface area contributed by atoms with Gasteiger partial charge in [0.05, 0.1) is 11.3 Å². The van der Waals surface area contributed by atoms with Crippen LogP contribution < -0.4 is 5.32 Å². The fraction of sp³-hybridized carbons (Fsp3) is 0.370. The minimum Gasteiger partial charge on any atom is -0.325 e. The fourth-order valence-electron chi connectivity index (χ4n) is 4.51. The molecule has 1 aliphatic rings. The molecule has 1 N–H and O–H groups in total. The molecular weight excluding hydrogens is 446 g/mol. The van der Waals surface area contributed by atoms with Crippen LogP contribution in [0, 0.1) is 11.3 Å². The topological polar surface area (TPSA) is 65.8 Å². The molecule has 0 radical (unpaired) electrons. The average molecular weight is 476 g/mol. The zero-order valence-corrected chi connectivity index (χ0v) is 20.9. The Morgan fingerprint density at radius 1 is 1.12 bits per heavy atom. The molecule has 1 aliphatic carbocycles. The molecule has 1 aromatic carbocycles. The van der Waals surface area contributed by atoms with E-state index in [2.05, 4.69) is 48.8 Å². The largest absolute Gasteiger partial charge is 0.325 e. The van der Waals surface area contributed by atoms with Crippen LogP contribution in [0.15, 0.2) is 40.7 Å². The molecule has 6 heteroatoms. The molecule has 0 atom stereocenters. The Balaban J connectivity index is 1.63. The summed E-state index contributed by atoms with van der Waals surface area (Å²) < 4.78 is 0. The number of aryl methyl sites for hydroxylation is 3. The number of hydrogen-bond donors (Lipinski definition) is 1. The Morgan fingerprint density at radius 3 is 2.55 bits per heavy atom. The Kier molecular flexibility index (Phi) is 7.85. The molecule has 0 bridgehead atoms. The van der Waals surface area contributed by atoms with Crippen molar-refractivity contribution in [3.63, 3.8) is 0 Å². The lowest BCUT2D eigenvalue weighted by molar-refractivity contribution is -0.113. The highest BCUT2D eigenvalue weighted by molar-refractivity contribution is 8.00. The fourth-order valence-corrected chi connectivity index (χ4v) is 6.12. The van der Waals surface area contributed by atoms with Gasteiger partial charge in [0.25, 0.3) is 0 Å². The van der Waals surface area contributed by atoms with Gasteiger partial charge < -0.3 is 5.32 Å². The predicted molar refractivity (Wildman–Crippen MR) is 138 cm³/mol. The Morgan fingerprint density at radius 2 is 1.88 bits per heavy atom. The smallest absolute Gasteiger partial charge is 0.234 e. The highest BCUT2D eigenvalue weighted by Gasteiger charge is 2.23. The van der Waals surface area contributed by atoms with Crippen LogP contribution in [0.5, 0.6) is 0 Å². The summed E-state index contributed by atoms with van der Waals surface area (Å²) in [6.45, 7) is 4.20. The number of pyridine rings is 1. The summed E-state index contributed by atoms with van der Waals surface area (Å²) in [5, 5.41) is 16.0. The van der Waals surface area contributed by atoms with E-state index in [1.54, 1.807) is 11.3 Å². The second kappa shape index (κ2) is 11.0. The van der Waals surface area contributed by atoms with E-state index in [1.807, 2.05) is 12.1 Å². The molecule has 0 saturated heterocycles. The number of nitrogens with zero attached hydrogens (tertiary/aromatic N) is 2. The van der Waals surface area contributed by atoms with Gasteiger partial charge in [-0.25, -0.2) is 4.98 Å². The van der Waals surface area contributed by atoms with Crippen molar-refractivity contribution in [2.45, 2.75) is 63.8 Å². The van der Waals surface area contributed by atoms with E-state index in [9.17, 15) is 10.1 Å². The molecule has 2 aromatic heterocycles. The zero-order chi connectivity index (χ0) is 23.2. The van der Waals surface area contributed by atoms with Crippen molar-refractivity contribution in [3.8, 4) is 16.5 Å². The van der Waals surface area contributed by atoms with E-state index in [4.69, 9.17) is 4.98 Å². The van der Waals surface area contributed by atoms with Crippen LogP contribution in [0.3, 0.4) is 0 Å². The number of carbonyl (C=O) groups excluding carboxylic acids is 1. The summed E-state index contributed by atoms with van der Waals surface area (Å²) in [6, 6.07) is 12.7. The quantitative estimate of drug-likeness (QED) is 0.301. The number of thioether (sulfide) groups is 1. The number of benzene rings is 1. The monoisotopic (exact) mass is 475 g/mol. The van der Waals surface area contributed by atoms with Crippen LogP contribution in [0.4, 0.5) is 5.69 Å². The van der Waals surface area contributed by atoms with Crippen molar-refractivity contribution in [1.82, 2.24) is 4.98 Å². The van der Waals surface area contributed by atoms with Crippen molar-refractivity contribution in [2.24, 2.45) is 0 Å². The van der Waals surface area contributed by atoms with Gasteiger partial charge in [-0.05, 0) is 66.7 Å². The molecule has 170 valence electrons. The Labute approximate surface area is 204 Å². The van der Waals surface area contributed by atoms with Crippen LogP contribution in [-0.2, 0) is 30.5 Å². The number of anilines is 1. The second-order valence-corrected chi connectivity index (χ2v) is 10.1. The number of amides is 1. The number of hydrogen-bond acceptors (Lipinski definition) is 5. The maximum Gasteiger partial charge on any atom is 0.234 e. The summed E-state index contributed by atoms with van der Waals surface area (Å²) in [7, 11) is 0. The first kappa shape index (κ1) is 23.5. The molecule has 4 rings (SSSR count). The number of thiophene rings is 1.